The summed E-state index contributed by atoms with van der Waals surface area (Å²) in [6, 6.07) is 0. The van der Waals surface area contributed by atoms with Crippen molar-refractivity contribution in [1.82, 2.24) is 0 Å². The van der Waals surface area contributed by atoms with E-state index in [0.717, 1.165) is 0 Å². The topological polar surface area (TPSA) is 139 Å². The normalized spacial score (nSPS) is 11.2. The lowest BCUT2D eigenvalue weighted by Crippen LogP contribution is -2.25. The maximum Gasteiger partial charge on any atom is 0.394 e. The smallest absolute Gasteiger partial charge is 0.370 e. The molecule has 0 aliphatic heterocycles. The highest BCUT2D eigenvalue weighted by atomic mass is 32.3. The first-order chi connectivity index (χ1) is 5.92. The summed E-state index contributed by atoms with van der Waals surface area (Å²) in [4.78, 5) is 3.87. The second-order valence-corrected chi connectivity index (χ2v) is 4.65. The van der Waals surface area contributed by atoms with Crippen LogP contribution in [-0.4, -0.2) is 30.0 Å². The molecule has 0 bridgehead atoms. The minimum atomic E-state index is -4.67. The number of aliphatic imine (C=N–C) groups is 1. The van der Waals surface area contributed by atoms with Gasteiger partial charge < -0.3 is 11.5 Å². The molecular weight excluding hydrogens is 210 g/mol. The molecule has 8 heteroatoms. The summed E-state index contributed by atoms with van der Waals surface area (Å²) >= 11 is 0. The fourth-order valence-electron chi connectivity index (χ4n) is 0.328. The lowest BCUT2D eigenvalue weighted by atomic mass is 9.97. The van der Waals surface area contributed by atoms with Crippen molar-refractivity contribution in [2.24, 2.45) is 21.9 Å². The van der Waals surface area contributed by atoms with Gasteiger partial charge in [-0.25, -0.2) is 0 Å². The van der Waals surface area contributed by atoms with Crippen LogP contribution in [0.5, 0.6) is 0 Å². The first kappa shape index (κ1) is 15.6. The van der Waals surface area contributed by atoms with Crippen LogP contribution in [0.2, 0.25) is 0 Å². The average molecular weight is 227 g/mol. The Hall–Kier alpha value is -0.860. The summed E-state index contributed by atoms with van der Waals surface area (Å²) in [5.74, 6) is 0.171. The van der Waals surface area contributed by atoms with E-state index >= 15 is 0 Å². The van der Waals surface area contributed by atoms with Crippen LogP contribution >= 0.6 is 0 Å². The Bertz CT molecular complexity index is 266. The largest absolute Gasteiger partial charge is 0.394 e. The van der Waals surface area contributed by atoms with Crippen LogP contribution in [0.15, 0.2) is 4.99 Å². The maximum absolute atomic E-state index is 8.74. The van der Waals surface area contributed by atoms with Gasteiger partial charge in [-0.15, -0.1) is 0 Å². The van der Waals surface area contributed by atoms with Gasteiger partial charge in [-0.1, -0.05) is 20.8 Å². The minimum Gasteiger partial charge on any atom is -0.370 e. The van der Waals surface area contributed by atoms with Gasteiger partial charge in [0, 0.05) is 6.54 Å². The standard InChI is InChI=1S/C6H15N3.H2O4S/c1-6(2,3)4-9-5(7)8;1-5(2,3)4/h4H2,1-3H3,(H4,7,8,9);(H2,1,2,3,4). The van der Waals surface area contributed by atoms with E-state index in [1.54, 1.807) is 0 Å². The van der Waals surface area contributed by atoms with E-state index < -0.39 is 10.4 Å². The molecule has 0 aliphatic carbocycles. The lowest BCUT2D eigenvalue weighted by Gasteiger charge is -2.13. The van der Waals surface area contributed by atoms with Crippen LogP contribution in [-0.2, 0) is 10.4 Å². The molecule has 0 spiro atoms. The lowest BCUT2D eigenvalue weighted by molar-refractivity contribution is 0.381. The first-order valence-corrected chi connectivity index (χ1v) is 5.07. The van der Waals surface area contributed by atoms with Crippen molar-refractivity contribution in [1.29, 1.82) is 0 Å². The van der Waals surface area contributed by atoms with Gasteiger partial charge in [-0.2, -0.15) is 8.42 Å². The van der Waals surface area contributed by atoms with E-state index in [1.807, 2.05) is 0 Å². The van der Waals surface area contributed by atoms with Gasteiger partial charge in [0.2, 0.25) is 0 Å². The SMILES string of the molecule is CC(C)(C)CN=C(N)N.O=S(=O)(O)O. The Kier molecular flexibility index (Phi) is 6.45. The van der Waals surface area contributed by atoms with Crippen LogP contribution in [0.3, 0.4) is 0 Å². The quantitative estimate of drug-likeness (QED) is 0.274. The summed E-state index contributed by atoms with van der Waals surface area (Å²) in [6.07, 6.45) is 0. The van der Waals surface area contributed by atoms with Gasteiger partial charge in [0.15, 0.2) is 5.96 Å². The van der Waals surface area contributed by atoms with Gasteiger partial charge in [0.1, 0.15) is 0 Å². The minimum absolute atomic E-state index is 0.171. The van der Waals surface area contributed by atoms with Crippen molar-refractivity contribution in [3.63, 3.8) is 0 Å². The number of rotatable bonds is 1. The summed E-state index contributed by atoms with van der Waals surface area (Å²) in [5, 5.41) is 0. The molecule has 0 heterocycles. The molecule has 0 radical (unpaired) electrons. The van der Waals surface area contributed by atoms with E-state index in [0.29, 0.717) is 6.54 Å². The highest BCUT2D eigenvalue weighted by Crippen LogP contribution is 2.11. The molecule has 0 rings (SSSR count). The molecule has 0 atom stereocenters. The molecule has 0 amide bonds. The number of nitrogens with zero attached hydrogens (tertiary/aromatic N) is 1. The number of hydrogen-bond acceptors (Lipinski definition) is 3. The Morgan fingerprint density at radius 2 is 1.57 bits per heavy atom. The zero-order valence-electron chi connectivity index (χ0n) is 8.43. The highest BCUT2D eigenvalue weighted by molar-refractivity contribution is 7.79. The zero-order chi connectivity index (χ0) is 12.0. The third kappa shape index (κ3) is 43.4. The van der Waals surface area contributed by atoms with Crippen molar-refractivity contribution in [2.75, 3.05) is 6.54 Å². The molecular formula is C6H17N3O4S. The Labute approximate surface area is 83.8 Å². The maximum atomic E-state index is 8.74. The first-order valence-electron chi connectivity index (χ1n) is 3.67. The molecule has 7 nitrogen and oxygen atoms in total. The molecule has 14 heavy (non-hydrogen) atoms. The molecule has 6 N–H and O–H groups in total. The highest BCUT2D eigenvalue weighted by Gasteiger charge is 2.07. The van der Waals surface area contributed by atoms with Crippen LogP contribution in [0.25, 0.3) is 0 Å². The van der Waals surface area contributed by atoms with Crippen LogP contribution in [0, 0.1) is 5.41 Å². The van der Waals surface area contributed by atoms with Crippen molar-refractivity contribution < 1.29 is 17.5 Å². The number of guanidine groups is 1. The Morgan fingerprint density at radius 1 is 1.29 bits per heavy atom. The van der Waals surface area contributed by atoms with Gasteiger partial charge in [0.25, 0.3) is 0 Å². The van der Waals surface area contributed by atoms with E-state index in [2.05, 4.69) is 25.8 Å². The molecule has 0 aliphatic rings. The third-order valence-electron chi connectivity index (χ3n) is 0.736. The molecule has 0 fully saturated rings. The Morgan fingerprint density at radius 3 is 1.64 bits per heavy atom. The van der Waals surface area contributed by atoms with Gasteiger partial charge in [-0.3, -0.25) is 14.1 Å². The fourth-order valence-corrected chi connectivity index (χ4v) is 0.328. The summed E-state index contributed by atoms with van der Waals surface area (Å²) in [6.45, 7) is 6.94. The molecule has 0 unspecified atom stereocenters. The predicted molar refractivity (Wildman–Crippen MR) is 54.3 cm³/mol. The average Bonchev–Trinajstić information content (AvgIpc) is 1.77. The second-order valence-electron chi connectivity index (χ2n) is 3.75. The number of nitrogens with two attached hydrogens (primary N) is 2. The van der Waals surface area contributed by atoms with Crippen LogP contribution < -0.4 is 11.5 Å². The van der Waals surface area contributed by atoms with Crippen LogP contribution in [0.1, 0.15) is 20.8 Å². The Balaban J connectivity index is 0. The number of hydrogen-bond donors (Lipinski definition) is 4. The van der Waals surface area contributed by atoms with Crippen LogP contribution in [0.4, 0.5) is 0 Å². The predicted octanol–water partition coefficient (Wildman–Crippen LogP) is -0.347. The summed E-state index contributed by atoms with van der Waals surface area (Å²) in [5.41, 5.74) is 10.4. The van der Waals surface area contributed by atoms with Gasteiger partial charge >= 0.3 is 10.4 Å². The van der Waals surface area contributed by atoms with Gasteiger partial charge in [-0.05, 0) is 5.41 Å². The van der Waals surface area contributed by atoms with Gasteiger partial charge in [0.05, 0.1) is 0 Å². The monoisotopic (exact) mass is 227 g/mol. The third-order valence-corrected chi connectivity index (χ3v) is 0.736. The van der Waals surface area contributed by atoms with Crippen molar-refractivity contribution in [2.45, 2.75) is 20.8 Å². The molecule has 0 aromatic carbocycles. The second kappa shape index (κ2) is 5.78. The van der Waals surface area contributed by atoms with E-state index in [9.17, 15) is 0 Å². The van der Waals surface area contributed by atoms with Crippen molar-refractivity contribution in [3.8, 4) is 0 Å². The zero-order valence-corrected chi connectivity index (χ0v) is 9.24. The molecule has 0 saturated carbocycles. The van der Waals surface area contributed by atoms with E-state index in [-0.39, 0.29) is 11.4 Å². The molecule has 0 aromatic heterocycles. The summed E-state index contributed by atoms with van der Waals surface area (Å²) < 4.78 is 31.6. The van der Waals surface area contributed by atoms with E-state index in [4.69, 9.17) is 29.0 Å². The van der Waals surface area contributed by atoms with E-state index in [1.165, 1.54) is 0 Å². The molecule has 86 valence electrons. The van der Waals surface area contributed by atoms with Crippen molar-refractivity contribution >= 4 is 16.4 Å². The fraction of sp³-hybridized carbons (Fsp3) is 0.833. The molecule has 0 aromatic rings. The molecule has 0 saturated heterocycles. The summed E-state index contributed by atoms with van der Waals surface area (Å²) in [7, 11) is -4.67. The van der Waals surface area contributed by atoms with Crippen molar-refractivity contribution in [3.05, 3.63) is 0 Å².